The molecule has 0 radical (unpaired) electrons. The van der Waals surface area contributed by atoms with E-state index in [2.05, 4.69) is 15.3 Å². The highest BCUT2D eigenvalue weighted by atomic mass is 16.1. The number of carbonyl (C=O) groups excluding carboxylic acids is 1. The van der Waals surface area contributed by atoms with Gasteiger partial charge in [0.05, 0.1) is 11.0 Å². The molecule has 0 aliphatic carbocycles. The molecule has 1 amide bonds. The maximum absolute atomic E-state index is 12.1. The minimum atomic E-state index is -0.243. The van der Waals surface area contributed by atoms with Gasteiger partial charge >= 0.3 is 0 Å². The third-order valence-electron chi connectivity index (χ3n) is 3.91. The Morgan fingerprint density at radius 3 is 2.75 bits per heavy atom. The van der Waals surface area contributed by atoms with Crippen molar-refractivity contribution in [3.8, 4) is 0 Å². The van der Waals surface area contributed by atoms with Gasteiger partial charge in [0.15, 0.2) is 0 Å². The van der Waals surface area contributed by atoms with Crippen LogP contribution in [0.1, 0.15) is 23.2 Å². The van der Waals surface area contributed by atoms with Crippen LogP contribution in [0.15, 0.2) is 47.3 Å². The van der Waals surface area contributed by atoms with Crippen LogP contribution in [0, 0.1) is 13.8 Å². The van der Waals surface area contributed by atoms with E-state index in [1.807, 2.05) is 50.2 Å². The standard InChI is InChI=1S/C19H19N3O2/c1-12-7-8-14(13(2)11-12)21-18(23)10-9-17-19(24)22-16-6-4-3-5-15(16)20-17/h3-8,11H,9-10H2,1-2H3,(H,21,23)(H,22,24). The maximum atomic E-state index is 12.1. The number of amides is 1. The van der Waals surface area contributed by atoms with E-state index in [0.717, 1.165) is 22.3 Å². The molecule has 2 N–H and O–H groups in total. The first-order chi connectivity index (χ1) is 11.5. The second-order valence-corrected chi connectivity index (χ2v) is 5.90. The number of anilines is 1. The van der Waals surface area contributed by atoms with Crippen LogP contribution >= 0.6 is 0 Å². The summed E-state index contributed by atoms with van der Waals surface area (Å²) in [6.45, 7) is 3.97. The Bertz CT molecular complexity index is 960. The van der Waals surface area contributed by atoms with Crippen molar-refractivity contribution >= 4 is 22.6 Å². The number of carbonyl (C=O) groups is 1. The Labute approximate surface area is 139 Å². The number of rotatable bonds is 4. The monoisotopic (exact) mass is 321 g/mol. The van der Waals surface area contributed by atoms with Crippen LogP contribution < -0.4 is 10.9 Å². The molecule has 0 unspecified atom stereocenters. The van der Waals surface area contributed by atoms with E-state index in [4.69, 9.17) is 0 Å². The van der Waals surface area contributed by atoms with Crippen molar-refractivity contribution < 1.29 is 4.79 Å². The van der Waals surface area contributed by atoms with Crippen LogP contribution in [-0.2, 0) is 11.2 Å². The fraction of sp³-hybridized carbons (Fsp3) is 0.211. The number of benzene rings is 2. The predicted octanol–water partition coefficient (Wildman–Crippen LogP) is 3.11. The molecule has 0 atom stereocenters. The first-order valence-corrected chi connectivity index (χ1v) is 7.88. The smallest absolute Gasteiger partial charge is 0.270 e. The highest BCUT2D eigenvalue weighted by Crippen LogP contribution is 2.16. The van der Waals surface area contributed by atoms with Crippen molar-refractivity contribution in [1.29, 1.82) is 0 Å². The zero-order chi connectivity index (χ0) is 17.1. The van der Waals surface area contributed by atoms with Crippen LogP contribution in [0.3, 0.4) is 0 Å². The number of hydrogen-bond acceptors (Lipinski definition) is 3. The third-order valence-corrected chi connectivity index (χ3v) is 3.91. The minimum absolute atomic E-state index is 0.128. The highest BCUT2D eigenvalue weighted by molar-refractivity contribution is 5.91. The van der Waals surface area contributed by atoms with Crippen LogP contribution in [-0.4, -0.2) is 15.9 Å². The lowest BCUT2D eigenvalue weighted by Gasteiger charge is -2.09. The molecule has 3 aromatic rings. The van der Waals surface area contributed by atoms with Crippen molar-refractivity contribution in [2.75, 3.05) is 5.32 Å². The summed E-state index contributed by atoms with van der Waals surface area (Å²) in [5.41, 5.74) is 4.53. The second kappa shape index (κ2) is 6.66. The largest absolute Gasteiger partial charge is 0.326 e. The average molecular weight is 321 g/mol. The quantitative estimate of drug-likeness (QED) is 0.775. The molecule has 5 heteroatoms. The Morgan fingerprint density at radius 2 is 1.96 bits per heavy atom. The lowest BCUT2D eigenvalue weighted by Crippen LogP contribution is -2.19. The van der Waals surface area contributed by atoms with E-state index in [9.17, 15) is 9.59 Å². The van der Waals surface area contributed by atoms with Crippen molar-refractivity contribution in [2.45, 2.75) is 26.7 Å². The first-order valence-electron chi connectivity index (χ1n) is 7.88. The molecule has 0 aliphatic rings. The van der Waals surface area contributed by atoms with Crippen molar-refractivity contribution in [3.05, 3.63) is 69.6 Å². The minimum Gasteiger partial charge on any atom is -0.326 e. The number of aromatic nitrogens is 2. The lowest BCUT2D eigenvalue weighted by molar-refractivity contribution is -0.116. The molecule has 1 heterocycles. The van der Waals surface area contributed by atoms with Gasteiger partial charge in [-0.05, 0) is 37.6 Å². The van der Waals surface area contributed by atoms with E-state index in [-0.39, 0.29) is 17.9 Å². The SMILES string of the molecule is Cc1ccc(NC(=O)CCc2nc3ccccc3[nH]c2=O)c(C)c1. The van der Waals surface area contributed by atoms with E-state index in [1.165, 1.54) is 0 Å². The molecule has 1 aromatic heterocycles. The summed E-state index contributed by atoms with van der Waals surface area (Å²) in [6, 6.07) is 13.2. The Kier molecular flexibility index (Phi) is 4.42. The summed E-state index contributed by atoms with van der Waals surface area (Å²) >= 11 is 0. The number of H-pyrrole nitrogens is 1. The van der Waals surface area contributed by atoms with E-state index >= 15 is 0 Å². The van der Waals surface area contributed by atoms with Gasteiger partial charge in [-0.1, -0.05) is 29.8 Å². The summed E-state index contributed by atoms with van der Waals surface area (Å²) in [4.78, 5) is 31.3. The van der Waals surface area contributed by atoms with E-state index < -0.39 is 0 Å². The maximum Gasteiger partial charge on any atom is 0.270 e. The van der Waals surface area contributed by atoms with Crippen molar-refractivity contribution in [1.82, 2.24) is 9.97 Å². The Morgan fingerprint density at radius 1 is 1.17 bits per heavy atom. The van der Waals surface area contributed by atoms with Gasteiger partial charge in [0.2, 0.25) is 5.91 Å². The van der Waals surface area contributed by atoms with Gasteiger partial charge in [-0.15, -0.1) is 0 Å². The number of hydrogen-bond donors (Lipinski definition) is 2. The number of nitrogens with zero attached hydrogens (tertiary/aromatic N) is 1. The molecular formula is C19H19N3O2. The predicted molar refractivity (Wildman–Crippen MR) is 95.2 cm³/mol. The van der Waals surface area contributed by atoms with E-state index in [0.29, 0.717) is 17.6 Å². The number of fused-ring (bicyclic) bond motifs is 1. The molecule has 2 aromatic carbocycles. The fourth-order valence-corrected chi connectivity index (χ4v) is 2.64. The molecule has 0 saturated carbocycles. The van der Waals surface area contributed by atoms with Gasteiger partial charge in [-0.2, -0.15) is 0 Å². The molecule has 24 heavy (non-hydrogen) atoms. The summed E-state index contributed by atoms with van der Waals surface area (Å²) in [5.74, 6) is -0.128. The van der Waals surface area contributed by atoms with Crippen LogP contribution in [0.5, 0.6) is 0 Å². The molecule has 3 rings (SSSR count). The number of aromatic amines is 1. The topological polar surface area (TPSA) is 74.8 Å². The lowest BCUT2D eigenvalue weighted by atomic mass is 10.1. The number of para-hydroxylation sites is 2. The molecule has 0 fully saturated rings. The molecule has 0 aliphatic heterocycles. The van der Waals surface area contributed by atoms with Gasteiger partial charge in [0.1, 0.15) is 5.69 Å². The average Bonchev–Trinajstić information content (AvgIpc) is 2.55. The second-order valence-electron chi connectivity index (χ2n) is 5.90. The third kappa shape index (κ3) is 3.51. The van der Waals surface area contributed by atoms with Crippen LogP contribution in [0.2, 0.25) is 0 Å². The molecule has 0 spiro atoms. The van der Waals surface area contributed by atoms with Gasteiger partial charge in [0, 0.05) is 18.5 Å². The molecular weight excluding hydrogens is 302 g/mol. The molecule has 0 saturated heterocycles. The van der Waals surface area contributed by atoms with Crippen LogP contribution in [0.25, 0.3) is 11.0 Å². The Hall–Kier alpha value is -2.95. The zero-order valence-electron chi connectivity index (χ0n) is 13.7. The van der Waals surface area contributed by atoms with Crippen LogP contribution in [0.4, 0.5) is 5.69 Å². The van der Waals surface area contributed by atoms with Gasteiger partial charge in [0.25, 0.3) is 5.56 Å². The van der Waals surface area contributed by atoms with Gasteiger partial charge in [-0.25, -0.2) is 4.98 Å². The van der Waals surface area contributed by atoms with E-state index in [1.54, 1.807) is 6.07 Å². The molecule has 0 bridgehead atoms. The number of nitrogens with one attached hydrogen (secondary N) is 2. The highest BCUT2D eigenvalue weighted by Gasteiger charge is 2.09. The molecule has 122 valence electrons. The fourth-order valence-electron chi connectivity index (χ4n) is 2.64. The van der Waals surface area contributed by atoms with Gasteiger partial charge in [-0.3, -0.25) is 9.59 Å². The summed E-state index contributed by atoms with van der Waals surface area (Å²) < 4.78 is 0. The van der Waals surface area contributed by atoms with Crippen molar-refractivity contribution in [2.24, 2.45) is 0 Å². The Balaban J connectivity index is 1.70. The summed E-state index contributed by atoms with van der Waals surface area (Å²) in [5, 5.41) is 2.89. The summed E-state index contributed by atoms with van der Waals surface area (Å²) in [7, 11) is 0. The first kappa shape index (κ1) is 15.9. The zero-order valence-corrected chi connectivity index (χ0v) is 13.7. The normalized spacial score (nSPS) is 10.8. The van der Waals surface area contributed by atoms with Gasteiger partial charge < -0.3 is 10.3 Å². The van der Waals surface area contributed by atoms with Crippen molar-refractivity contribution in [3.63, 3.8) is 0 Å². The summed E-state index contributed by atoms with van der Waals surface area (Å²) in [6.07, 6.45) is 0.513. The number of aryl methyl sites for hydroxylation is 3. The molecule has 5 nitrogen and oxygen atoms in total.